The molecule has 2 atom stereocenters. The highest BCUT2D eigenvalue weighted by molar-refractivity contribution is 6.99. The van der Waals surface area contributed by atoms with Crippen molar-refractivity contribution in [2.75, 3.05) is 32.0 Å². The number of hydrogen-bond donors (Lipinski definition) is 1. The van der Waals surface area contributed by atoms with Crippen molar-refractivity contribution >= 4 is 35.3 Å². The van der Waals surface area contributed by atoms with E-state index in [1.807, 2.05) is 12.3 Å². The van der Waals surface area contributed by atoms with Crippen LogP contribution in [0.25, 0.3) is 10.8 Å². The molecule has 2 unspecified atom stereocenters. The number of benzene rings is 3. The topological polar surface area (TPSA) is 60.6 Å². The largest absolute Gasteiger partial charge is 0.400 e. The fraction of sp³-hybridized carbons (Fsp3) is 0.417. The van der Waals surface area contributed by atoms with E-state index < -0.39 is 8.32 Å². The quantitative estimate of drug-likeness (QED) is 0.282. The number of nitrogens with zero attached hydrogens (tertiary/aromatic N) is 2. The first-order valence-electron chi connectivity index (χ1n) is 15.4. The third-order valence-electron chi connectivity index (χ3n) is 9.88. The molecule has 0 bridgehead atoms. The van der Waals surface area contributed by atoms with Crippen LogP contribution in [0, 0.1) is 6.92 Å². The molecule has 2 aliphatic rings. The number of aryl methyl sites for hydroxylation is 1. The van der Waals surface area contributed by atoms with E-state index >= 15 is 0 Å². The predicted octanol–water partition coefficient (Wildman–Crippen LogP) is 6.04. The zero-order chi connectivity index (χ0) is 29.5. The summed E-state index contributed by atoms with van der Waals surface area (Å²) in [5, 5.41) is 4.90. The van der Waals surface area contributed by atoms with Crippen molar-refractivity contribution in [1.29, 1.82) is 0 Å². The standard InChI is InChI=1S/C36H45N3O2Si/c1-26-20-29-23-38-34(37)22-28(29)21-32(26)27-16-18-39(19-17-27)36(5)25-40-24-33(36)41-42(35(2,3)4,30-12-8-6-9-13-30)31-14-10-7-11-15-31/h6-15,20-23,27,33H,16-19,24-25H2,1-5H3,(H2,37,38). The maximum atomic E-state index is 7.65. The number of nitrogens with two attached hydrogens (primary N) is 1. The Morgan fingerprint density at radius 1 is 0.929 bits per heavy atom. The zero-order valence-corrected chi connectivity index (χ0v) is 26.8. The molecule has 0 saturated carbocycles. The number of anilines is 1. The van der Waals surface area contributed by atoms with Gasteiger partial charge in [-0.2, -0.15) is 0 Å². The molecule has 2 N–H and O–H groups in total. The lowest BCUT2D eigenvalue weighted by Crippen LogP contribution is -2.70. The number of ether oxygens (including phenoxy) is 1. The Morgan fingerprint density at radius 3 is 2.14 bits per heavy atom. The Labute approximate surface area is 252 Å². The van der Waals surface area contributed by atoms with Crippen LogP contribution in [0.5, 0.6) is 0 Å². The van der Waals surface area contributed by atoms with Crippen LogP contribution in [0.3, 0.4) is 0 Å². The molecule has 2 aliphatic heterocycles. The van der Waals surface area contributed by atoms with Gasteiger partial charge in [-0.05, 0) is 89.8 Å². The monoisotopic (exact) mass is 579 g/mol. The summed E-state index contributed by atoms with van der Waals surface area (Å²) in [5.74, 6) is 1.11. The van der Waals surface area contributed by atoms with E-state index in [0.717, 1.165) is 31.3 Å². The molecule has 42 heavy (non-hydrogen) atoms. The molecule has 0 spiro atoms. The van der Waals surface area contributed by atoms with E-state index in [-0.39, 0.29) is 16.7 Å². The van der Waals surface area contributed by atoms with Gasteiger partial charge in [0.25, 0.3) is 8.32 Å². The summed E-state index contributed by atoms with van der Waals surface area (Å²) < 4.78 is 13.9. The molecule has 3 aromatic carbocycles. The number of likely N-dealkylation sites (tertiary alicyclic amines) is 1. The second kappa shape index (κ2) is 11.2. The lowest BCUT2D eigenvalue weighted by molar-refractivity contribution is 0.00480. The van der Waals surface area contributed by atoms with Gasteiger partial charge in [0.1, 0.15) is 5.82 Å². The average molecular weight is 580 g/mol. The number of pyridine rings is 1. The van der Waals surface area contributed by atoms with Crippen LogP contribution in [0.15, 0.2) is 85.1 Å². The van der Waals surface area contributed by atoms with Gasteiger partial charge in [-0.15, -0.1) is 0 Å². The molecule has 4 aromatic rings. The van der Waals surface area contributed by atoms with E-state index in [9.17, 15) is 0 Å². The summed E-state index contributed by atoms with van der Waals surface area (Å²) in [4.78, 5) is 6.95. The smallest absolute Gasteiger partial charge is 0.261 e. The molecular weight excluding hydrogens is 535 g/mol. The summed E-state index contributed by atoms with van der Waals surface area (Å²) in [6.45, 7) is 15.1. The van der Waals surface area contributed by atoms with Gasteiger partial charge in [0.05, 0.1) is 24.9 Å². The minimum atomic E-state index is -2.69. The Morgan fingerprint density at radius 2 is 1.55 bits per heavy atom. The number of rotatable bonds is 6. The lowest BCUT2D eigenvalue weighted by atomic mass is 9.83. The first-order chi connectivity index (χ1) is 20.1. The molecular formula is C36H45N3O2Si. The summed E-state index contributed by atoms with van der Waals surface area (Å²) in [6.07, 6.45) is 4.11. The highest BCUT2D eigenvalue weighted by atomic mass is 28.4. The fourth-order valence-corrected chi connectivity index (χ4v) is 12.3. The van der Waals surface area contributed by atoms with Crippen LogP contribution in [0.4, 0.5) is 5.82 Å². The van der Waals surface area contributed by atoms with Crippen molar-refractivity contribution in [3.63, 3.8) is 0 Å². The maximum Gasteiger partial charge on any atom is 0.261 e. The molecule has 2 saturated heterocycles. The van der Waals surface area contributed by atoms with Crippen LogP contribution < -0.4 is 16.1 Å². The molecule has 6 heteroatoms. The first-order valence-corrected chi connectivity index (χ1v) is 17.3. The van der Waals surface area contributed by atoms with Crippen molar-refractivity contribution in [3.05, 3.63) is 96.2 Å². The first kappa shape index (κ1) is 29.1. The highest BCUT2D eigenvalue weighted by Crippen LogP contribution is 2.42. The van der Waals surface area contributed by atoms with E-state index in [0.29, 0.717) is 24.9 Å². The molecule has 0 aliphatic carbocycles. The summed E-state index contributed by atoms with van der Waals surface area (Å²) in [6, 6.07) is 28.5. The van der Waals surface area contributed by atoms with Gasteiger partial charge in [0, 0.05) is 11.6 Å². The van der Waals surface area contributed by atoms with Crippen molar-refractivity contribution in [2.45, 2.75) is 70.1 Å². The molecule has 0 amide bonds. The zero-order valence-electron chi connectivity index (χ0n) is 25.8. The summed E-state index contributed by atoms with van der Waals surface area (Å²) >= 11 is 0. The van der Waals surface area contributed by atoms with Crippen LogP contribution in [-0.2, 0) is 9.16 Å². The predicted molar refractivity (Wildman–Crippen MR) is 176 cm³/mol. The second-order valence-corrected chi connectivity index (χ2v) is 17.8. The summed E-state index contributed by atoms with van der Waals surface area (Å²) in [7, 11) is -2.69. The minimum Gasteiger partial charge on any atom is -0.400 e. The van der Waals surface area contributed by atoms with E-state index in [1.54, 1.807) is 0 Å². The van der Waals surface area contributed by atoms with Crippen molar-refractivity contribution in [2.24, 2.45) is 0 Å². The van der Waals surface area contributed by atoms with E-state index in [2.05, 4.69) is 117 Å². The number of hydrogen-bond acceptors (Lipinski definition) is 5. The van der Waals surface area contributed by atoms with E-state index in [4.69, 9.17) is 14.9 Å². The normalized spacial score (nSPS) is 22.5. The van der Waals surface area contributed by atoms with Crippen LogP contribution in [0.1, 0.15) is 57.6 Å². The van der Waals surface area contributed by atoms with Gasteiger partial charge in [0.15, 0.2) is 0 Å². The van der Waals surface area contributed by atoms with Gasteiger partial charge < -0.3 is 14.9 Å². The van der Waals surface area contributed by atoms with Crippen molar-refractivity contribution in [1.82, 2.24) is 9.88 Å². The Kier molecular flexibility index (Phi) is 7.77. The van der Waals surface area contributed by atoms with Crippen molar-refractivity contribution < 1.29 is 9.16 Å². The molecule has 2 fully saturated rings. The van der Waals surface area contributed by atoms with Crippen molar-refractivity contribution in [3.8, 4) is 0 Å². The fourth-order valence-electron chi connectivity index (χ4n) is 7.49. The van der Waals surface area contributed by atoms with Crippen LogP contribution in [0.2, 0.25) is 5.04 Å². The number of nitrogen functional groups attached to an aromatic ring is 1. The number of aromatic nitrogens is 1. The molecule has 6 rings (SSSR count). The van der Waals surface area contributed by atoms with Crippen LogP contribution in [-0.4, -0.2) is 56.1 Å². The molecule has 0 radical (unpaired) electrons. The number of piperidine rings is 1. The van der Waals surface area contributed by atoms with Gasteiger partial charge in [-0.3, -0.25) is 4.90 Å². The molecule has 220 valence electrons. The Bertz CT molecular complexity index is 1490. The minimum absolute atomic E-state index is 0.0155. The average Bonchev–Trinajstić information content (AvgIpc) is 3.36. The maximum absolute atomic E-state index is 7.65. The van der Waals surface area contributed by atoms with Gasteiger partial charge in [-0.1, -0.05) is 87.5 Å². The summed E-state index contributed by atoms with van der Waals surface area (Å²) in [5.41, 5.74) is 8.62. The van der Waals surface area contributed by atoms with Gasteiger partial charge >= 0.3 is 0 Å². The second-order valence-electron chi connectivity index (χ2n) is 13.6. The van der Waals surface area contributed by atoms with Gasteiger partial charge in [-0.25, -0.2) is 4.98 Å². The van der Waals surface area contributed by atoms with Crippen LogP contribution >= 0.6 is 0 Å². The molecule has 3 heterocycles. The molecule has 1 aromatic heterocycles. The Balaban J connectivity index is 1.28. The SMILES string of the molecule is Cc1cc2cnc(N)cc2cc1C1CCN(C2(C)COCC2O[Si](c2ccccc2)(c2ccccc2)C(C)(C)C)CC1. The number of fused-ring (bicyclic) bond motifs is 1. The third-order valence-corrected chi connectivity index (χ3v) is 14.9. The van der Waals surface area contributed by atoms with E-state index in [1.165, 1.54) is 26.9 Å². The lowest BCUT2D eigenvalue weighted by Gasteiger charge is -2.50. The Hall–Kier alpha value is -3.03. The highest BCUT2D eigenvalue weighted by Gasteiger charge is 2.56. The molecule has 5 nitrogen and oxygen atoms in total. The van der Waals surface area contributed by atoms with Gasteiger partial charge in [0.2, 0.25) is 0 Å². The third kappa shape index (κ3) is 5.09.